The van der Waals surface area contributed by atoms with E-state index in [4.69, 9.17) is 10.5 Å². The predicted molar refractivity (Wildman–Crippen MR) is 76.6 cm³/mol. The summed E-state index contributed by atoms with van der Waals surface area (Å²) >= 11 is 0. The number of amides is 2. The molecule has 1 aliphatic rings. The van der Waals surface area contributed by atoms with E-state index in [0.29, 0.717) is 29.6 Å². The Morgan fingerprint density at radius 1 is 1.50 bits per heavy atom. The van der Waals surface area contributed by atoms with Gasteiger partial charge in [-0.2, -0.15) is 0 Å². The number of nitrogens with two attached hydrogens (primary N) is 1. The van der Waals surface area contributed by atoms with E-state index in [9.17, 15) is 9.59 Å². The van der Waals surface area contributed by atoms with E-state index in [-0.39, 0.29) is 25.0 Å². The first-order valence-corrected chi connectivity index (χ1v) is 6.56. The van der Waals surface area contributed by atoms with Gasteiger partial charge in [-0.15, -0.1) is 0 Å². The van der Waals surface area contributed by atoms with Crippen molar-refractivity contribution in [2.45, 2.75) is 13.8 Å². The van der Waals surface area contributed by atoms with Crippen LogP contribution in [0.1, 0.15) is 13.8 Å². The van der Waals surface area contributed by atoms with E-state index in [1.54, 1.807) is 18.2 Å². The topological polar surface area (TPSA) is 84.7 Å². The molecule has 0 spiro atoms. The number of rotatable bonds is 4. The van der Waals surface area contributed by atoms with E-state index < -0.39 is 0 Å². The summed E-state index contributed by atoms with van der Waals surface area (Å²) in [6.45, 7) is 4.52. The van der Waals surface area contributed by atoms with Gasteiger partial charge < -0.3 is 15.8 Å². The maximum atomic E-state index is 11.9. The van der Waals surface area contributed by atoms with E-state index >= 15 is 0 Å². The first kappa shape index (κ1) is 14.2. The Balaban J connectivity index is 2.13. The third-order valence-corrected chi connectivity index (χ3v) is 2.94. The molecule has 6 heteroatoms. The number of benzene rings is 1. The minimum atomic E-state index is -0.247. The van der Waals surface area contributed by atoms with Gasteiger partial charge >= 0.3 is 0 Å². The number of nitrogen functional groups attached to an aromatic ring is 1. The summed E-state index contributed by atoms with van der Waals surface area (Å²) < 4.78 is 5.32. The van der Waals surface area contributed by atoms with Crippen LogP contribution in [0.5, 0.6) is 5.75 Å². The largest absolute Gasteiger partial charge is 0.482 e. The molecule has 1 heterocycles. The predicted octanol–water partition coefficient (Wildman–Crippen LogP) is 0.766. The molecule has 3 N–H and O–H groups in total. The first-order valence-electron chi connectivity index (χ1n) is 6.56. The maximum Gasteiger partial charge on any atom is 0.265 e. The standard InChI is InChI=1S/C14H19N3O3/c1-9(2)6-16-13(18)7-17-11-5-10(15)3-4-12(11)20-8-14(17)19/h3-5,9H,6-8,15H2,1-2H3,(H,16,18). The van der Waals surface area contributed by atoms with Crippen molar-refractivity contribution in [1.82, 2.24) is 5.32 Å². The highest BCUT2D eigenvalue weighted by Gasteiger charge is 2.27. The zero-order valence-corrected chi connectivity index (χ0v) is 11.7. The fraction of sp³-hybridized carbons (Fsp3) is 0.429. The number of anilines is 2. The van der Waals surface area contributed by atoms with E-state index in [0.717, 1.165) is 0 Å². The van der Waals surface area contributed by atoms with E-state index in [2.05, 4.69) is 5.32 Å². The lowest BCUT2D eigenvalue weighted by atomic mass is 10.2. The molecule has 108 valence electrons. The first-order chi connectivity index (χ1) is 9.47. The number of ether oxygens (including phenoxy) is 1. The minimum absolute atomic E-state index is 0.0225. The van der Waals surface area contributed by atoms with E-state index in [1.165, 1.54) is 4.90 Å². The lowest BCUT2D eigenvalue weighted by molar-refractivity contribution is -0.125. The van der Waals surface area contributed by atoms with Crippen molar-refractivity contribution in [2.75, 3.05) is 30.3 Å². The van der Waals surface area contributed by atoms with Crippen LogP contribution in [0.4, 0.5) is 11.4 Å². The molecular weight excluding hydrogens is 258 g/mol. The van der Waals surface area contributed by atoms with Gasteiger partial charge in [0.25, 0.3) is 5.91 Å². The SMILES string of the molecule is CC(C)CNC(=O)CN1C(=O)COc2ccc(N)cc21. The molecule has 1 aromatic rings. The zero-order valence-electron chi connectivity index (χ0n) is 11.7. The average molecular weight is 277 g/mol. The third kappa shape index (κ3) is 3.20. The Hall–Kier alpha value is -2.24. The summed E-state index contributed by atoms with van der Waals surface area (Å²) in [5.74, 6) is 0.489. The molecular formula is C14H19N3O3. The van der Waals surface area contributed by atoms with Crippen LogP contribution in [0.15, 0.2) is 18.2 Å². The molecule has 0 aromatic heterocycles. The molecule has 20 heavy (non-hydrogen) atoms. The van der Waals surface area contributed by atoms with Crippen molar-refractivity contribution < 1.29 is 14.3 Å². The Morgan fingerprint density at radius 2 is 2.25 bits per heavy atom. The number of carbonyl (C=O) groups is 2. The normalized spacial score (nSPS) is 13.9. The molecule has 1 aromatic carbocycles. The highest BCUT2D eigenvalue weighted by atomic mass is 16.5. The maximum absolute atomic E-state index is 11.9. The number of nitrogens with zero attached hydrogens (tertiary/aromatic N) is 1. The number of carbonyl (C=O) groups excluding carboxylic acids is 2. The van der Waals surface area contributed by atoms with Crippen LogP contribution in [-0.4, -0.2) is 31.5 Å². The second-order valence-corrected chi connectivity index (χ2v) is 5.19. The van der Waals surface area contributed by atoms with Crippen molar-refractivity contribution in [1.29, 1.82) is 0 Å². The Bertz CT molecular complexity index is 528. The molecule has 0 fully saturated rings. The number of nitrogens with one attached hydrogen (secondary N) is 1. The molecule has 0 bridgehead atoms. The fourth-order valence-electron chi connectivity index (χ4n) is 1.91. The minimum Gasteiger partial charge on any atom is -0.482 e. The second-order valence-electron chi connectivity index (χ2n) is 5.19. The summed E-state index contributed by atoms with van der Waals surface area (Å²) in [6, 6.07) is 5.05. The number of hydrogen-bond donors (Lipinski definition) is 2. The Kier molecular flexibility index (Phi) is 4.12. The fourth-order valence-corrected chi connectivity index (χ4v) is 1.91. The van der Waals surface area contributed by atoms with Gasteiger partial charge in [-0.05, 0) is 24.1 Å². The Morgan fingerprint density at radius 3 is 2.95 bits per heavy atom. The van der Waals surface area contributed by atoms with Crippen molar-refractivity contribution in [3.05, 3.63) is 18.2 Å². The second kappa shape index (κ2) is 5.81. The third-order valence-electron chi connectivity index (χ3n) is 2.94. The molecule has 6 nitrogen and oxygen atoms in total. The van der Waals surface area contributed by atoms with E-state index in [1.807, 2.05) is 13.8 Å². The lowest BCUT2D eigenvalue weighted by Gasteiger charge is -2.29. The molecule has 1 aliphatic heterocycles. The molecule has 0 saturated carbocycles. The van der Waals surface area contributed by atoms with Gasteiger partial charge in [0.1, 0.15) is 12.3 Å². The quantitative estimate of drug-likeness (QED) is 0.796. The smallest absolute Gasteiger partial charge is 0.265 e. The van der Waals surface area contributed by atoms with Crippen LogP contribution >= 0.6 is 0 Å². The van der Waals surface area contributed by atoms with Crippen molar-refractivity contribution in [2.24, 2.45) is 5.92 Å². The summed E-state index contributed by atoms with van der Waals surface area (Å²) in [5, 5.41) is 2.79. The summed E-state index contributed by atoms with van der Waals surface area (Å²) in [5.41, 5.74) is 6.79. The average Bonchev–Trinajstić information content (AvgIpc) is 2.40. The lowest BCUT2D eigenvalue weighted by Crippen LogP contribution is -2.45. The van der Waals surface area contributed by atoms with Crippen LogP contribution in [0.3, 0.4) is 0 Å². The van der Waals surface area contributed by atoms with Crippen molar-refractivity contribution >= 4 is 23.2 Å². The van der Waals surface area contributed by atoms with Crippen LogP contribution < -0.4 is 20.7 Å². The Labute approximate surface area is 117 Å². The van der Waals surface area contributed by atoms with Crippen LogP contribution in [-0.2, 0) is 9.59 Å². The van der Waals surface area contributed by atoms with Gasteiger partial charge in [-0.3, -0.25) is 14.5 Å². The number of fused-ring (bicyclic) bond motifs is 1. The van der Waals surface area contributed by atoms with Gasteiger partial charge in [-0.25, -0.2) is 0 Å². The number of hydrogen-bond acceptors (Lipinski definition) is 4. The molecule has 2 rings (SSSR count). The molecule has 0 radical (unpaired) electrons. The summed E-state index contributed by atoms with van der Waals surface area (Å²) in [6.07, 6.45) is 0. The summed E-state index contributed by atoms with van der Waals surface area (Å²) in [4.78, 5) is 25.2. The van der Waals surface area contributed by atoms with Crippen molar-refractivity contribution in [3.8, 4) is 5.75 Å². The molecule has 0 unspecified atom stereocenters. The molecule has 0 saturated heterocycles. The van der Waals surface area contributed by atoms with Gasteiger partial charge in [-0.1, -0.05) is 13.8 Å². The van der Waals surface area contributed by atoms with Gasteiger partial charge in [0, 0.05) is 12.2 Å². The van der Waals surface area contributed by atoms with Gasteiger partial charge in [0.2, 0.25) is 5.91 Å². The highest BCUT2D eigenvalue weighted by Crippen LogP contribution is 2.33. The monoisotopic (exact) mass is 277 g/mol. The van der Waals surface area contributed by atoms with Crippen LogP contribution in [0.25, 0.3) is 0 Å². The van der Waals surface area contributed by atoms with Crippen LogP contribution in [0, 0.1) is 5.92 Å². The molecule has 2 amide bonds. The van der Waals surface area contributed by atoms with Gasteiger partial charge in [0.15, 0.2) is 6.61 Å². The zero-order chi connectivity index (χ0) is 14.7. The van der Waals surface area contributed by atoms with Crippen LogP contribution in [0.2, 0.25) is 0 Å². The summed E-state index contributed by atoms with van der Waals surface area (Å²) in [7, 11) is 0. The van der Waals surface area contributed by atoms with Crippen molar-refractivity contribution in [3.63, 3.8) is 0 Å². The molecule has 0 aliphatic carbocycles. The molecule has 0 atom stereocenters. The highest BCUT2D eigenvalue weighted by molar-refractivity contribution is 6.02. The van der Waals surface area contributed by atoms with Gasteiger partial charge in [0.05, 0.1) is 5.69 Å².